The smallest absolute Gasteiger partial charge is 0.135 e. The molecule has 4 heteroatoms. The number of likely N-dealkylation sites (N-methyl/N-ethyl adjacent to an activating group) is 1. The van der Waals surface area contributed by atoms with Gasteiger partial charge in [0.05, 0.1) is 16.8 Å². The van der Waals surface area contributed by atoms with Crippen molar-refractivity contribution >= 4 is 31.9 Å². The van der Waals surface area contributed by atoms with Crippen LogP contribution in [0.25, 0.3) is 0 Å². The lowest BCUT2D eigenvalue weighted by Crippen LogP contribution is -2.22. The lowest BCUT2D eigenvalue weighted by atomic mass is 10.0. The molecular weight excluding hydrogens is 358 g/mol. The Morgan fingerprint density at radius 1 is 1.28 bits per heavy atom. The van der Waals surface area contributed by atoms with E-state index in [1.807, 2.05) is 12.1 Å². The number of rotatable bonds is 5. The maximum Gasteiger partial charge on any atom is 0.135 e. The zero-order valence-electron chi connectivity index (χ0n) is 10.1. The predicted octanol–water partition coefficient (Wildman–Crippen LogP) is 4.70. The monoisotopic (exact) mass is 371 g/mol. The van der Waals surface area contributed by atoms with E-state index in [9.17, 15) is 0 Å². The molecule has 2 aromatic rings. The largest absolute Gasteiger partial charge is 0.466 e. The Kier molecular flexibility index (Phi) is 5.03. The first-order valence-electron chi connectivity index (χ1n) is 5.91. The molecule has 0 saturated carbocycles. The topological polar surface area (TPSA) is 25.2 Å². The molecular formula is C14H15Br2NO. The van der Waals surface area contributed by atoms with Crippen LogP contribution in [-0.2, 0) is 6.42 Å². The van der Waals surface area contributed by atoms with Crippen LogP contribution >= 0.6 is 31.9 Å². The Hall–Kier alpha value is -0.580. The minimum Gasteiger partial charge on any atom is -0.466 e. The summed E-state index contributed by atoms with van der Waals surface area (Å²) in [6.45, 7) is 3.01. The first-order valence-corrected chi connectivity index (χ1v) is 7.50. The summed E-state index contributed by atoms with van der Waals surface area (Å²) < 4.78 is 7.68. The molecule has 2 nitrogen and oxygen atoms in total. The van der Waals surface area contributed by atoms with Gasteiger partial charge in [0.2, 0.25) is 0 Å². The molecule has 0 aliphatic carbocycles. The average Bonchev–Trinajstić information content (AvgIpc) is 2.75. The summed E-state index contributed by atoms with van der Waals surface area (Å²) >= 11 is 7.02. The van der Waals surface area contributed by atoms with Crippen LogP contribution < -0.4 is 5.32 Å². The summed E-state index contributed by atoms with van der Waals surface area (Å²) in [7, 11) is 0. The van der Waals surface area contributed by atoms with Crippen LogP contribution in [0.3, 0.4) is 0 Å². The van der Waals surface area contributed by atoms with E-state index in [1.165, 1.54) is 5.56 Å². The van der Waals surface area contributed by atoms with E-state index in [0.29, 0.717) is 0 Å². The van der Waals surface area contributed by atoms with E-state index in [1.54, 1.807) is 6.26 Å². The third-order valence-corrected chi connectivity index (χ3v) is 3.89. The van der Waals surface area contributed by atoms with Crippen LogP contribution in [0.5, 0.6) is 0 Å². The molecule has 2 rings (SSSR count). The van der Waals surface area contributed by atoms with Gasteiger partial charge in [0, 0.05) is 4.47 Å². The molecule has 0 amide bonds. The van der Waals surface area contributed by atoms with Crippen molar-refractivity contribution in [2.24, 2.45) is 0 Å². The highest BCUT2D eigenvalue weighted by molar-refractivity contribution is 9.10. The van der Waals surface area contributed by atoms with Gasteiger partial charge in [-0.15, -0.1) is 0 Å². The zero-order chi connectivity index (χ0) is 13.0. The van der Waals surface area contributed by atoms with E-state index >= 15 is 0 Å². The molecule has 0 aliphatic heterocycles. The number of hydrogen-bond acceptors (Lipinski definition) is 2. The van der Waals surface area contributed by atoms with Crippen molar-refractivity contribution in [1.29, 1.82) is 0 Å². The first kappa shape index (κ1) is 13.8. The zero-order valence-corrected chi connectivity index (χ0v) is 13.3. The fraction of sp³-hybridized carbons (Fsp3) is 0.286. The molecule has 96 valence electrons. The highest BCUT2D eigenvalue weighted by Crippen LogP contribution is 2.27. The number of furan rings is 1. The van der Waals surface area contributed by atoms with Gasteiger partial charge in [0.25, 0.3) is 0 Å². The molecule has 1 heterocycles. The summed E-state index contributed by atoms with van der Waals surface area (Å²) in [5.74, 6) is 0.955. The van der Waals surface area contributed by atoms with Gasteiger partial charge in [-0.1, -0.05) is 35.0 Å². The molecule has 0 saturated heterocycles. The summed E-state index contributed by atoms with van der Waals surface area (Å²) in [6, 6.07) is 10.5. The van der Waals surface area contributed by atoms with E-state index in [2.05, 4.69) is 62.3 Å². The van der Waals surface area contributed by atoms with Gasteiger partial charge < -0.3 is 9.73 Å². The quantitative estimate of drug-likeness (QED) is 0.822. The van der Waals surface area contributed by atoms with Crippen molar-refractivity contribution < 1.29 is 4.42 Å². The molecule has 0 aliphatic rings. The first-order chi connectivity index (χ1) is 8.70. The van der Waals surface area contributed by atoms with E-state index in [4.69, 9.17) is 4.42 Å². The van der Waals surface area contributed by atoms with Crippen molar-refractivity contribution in [1.82, 2.24) is 5.32 Å². The van der Waals surface area contributed by atoms with Gasteiger partial charge >= 0.3 is 0 Å². The number of nitrogens with one attached hydrogen (secondary N) is 1. The lowest BCUT2D eigenvalue weighted by molar-refractivity contribution is 0.414. The normalized spacial score (nSPS) is 12.6. The molecule has 0 spiro atoms. The second kappa shape index (κ2) is 6.55. The molecule has 0 fully saturated rings. The van der Waals surface area contributed by atoms with Gasteiger partial charge in [-0.05, 0) is 52.7 Å². The van der Waals surface area contributed by atoms with Crippen molar-refractivity contribution in [2.75, 3.05) is 6.54 Å². The van der Waals surface area contributed by atoms with Crippen molar-refractivity contribution in [3.8, 4) is 0 Å². The number of halogens is 2. The number of benzene rings is 1. The summed E-state index contributed by atoms with van der Waals surface area (Å²) in [4.78, 5) is 0. The predicted molar refractivity (Wildman–Crippen MR) is 80.7 cm³/mol. The molecule has 0 bridgehead atoms. The Labute approximate surface area is 124 Å². The van der Waals surface area contributed by atoms with Gasteiger partial charge in [-0.2, -0.15) is 0 Å². The Bertz CT molecular complexity index is 510. The SMILES string of the molecule is CCNC(Cc1cccc(Br)c1)c1occc1Br. The van der Waals surface area contributed by atoms with Crippen molar-refractivity contribution in [3.05, 3.63) is 56.9 Å². The van der Waals surface area contributed by atoms with Crippen molar-refractivity contribution in [2.45, 2.75) is 19.4 Å². The molecule has 1 aromatic carbocycles. The van der Waals surface area contributed by atoms with E-state index < -0.39 is 0 Å². The second-order valence-electron chi connectivity index (χ2n) is 4.08. The maximum absolute atomic E-state index is 5.56. The minimum atomic E-state index is 0.189. The Morgan fingerprint density at radius 3 is 2.72 bits per heavy atom. The van der Waals surface area contributed by atoms with Gasteiger partial charge in [-0.25, -0.2) is 0 Å². The number of hydrogen-bond donors (Lipinski definition) is 1. The molecule has 1 aromatic heterocycles. The lowest BCUT2D eigenvalue weighted by Gasteiger charge is -2.16. The van der Waals surface area contributed by atoms with Gasteiger partial charge in [-0.3, -0.25) is 0 Å². The van der Waals surface area contributed by atoms with Crippen LogP contribution in [0, 0.1) is 0 Å². The van der Waals surface area contributed by atoms with Crippen LogP contribution in [0.2, 0.25) is 0 Å². The van der Waals surface area contributed by atoms with Crippen molar-refractivity contribution in [3.63, 3.8) is 0 Å². The molecule has 1 unspecified atom stereocenters. The molecule has 1 atom stereocenters. The minimum absolute atomic E-state index is 0.189. The second-order valence-corrected chi connectivity index (χ2v) is 5.85. The molecule has 1 N–H and O–H groups in total. The third-order valence-electron chi connectivity index (χ3n) is 2.74. The summed E-state index contributed by atoms with van der Waals surface area (Å²) in [5.41, 5.74) is 1.28. The van der Waals surface area contributed by atoms with Crippen LogP contribution in [0.15, 0.2) is 50.0 Å². The molecule has 0 radical (unpaired) electrons. The highest BCUT2D eigenvalue weighted by Gasteiger charge is 2.17. The van der Waals surface area contributed by atoms with Crippen LogP contribution in [0.1, 0.15) is 24.3 Å². The standard InChI is InChI=1S/C14H15Br2NO/c1-2-17-13(14-12(16)6-7-18-14)9-10-4-3-5-11(15)8-10/h3-8,13,17H,2,9H2,1H3. The third kappa shape index (κ3) is 3.46. The summed E-state index contributed by atoms with van der Waals surface area (Å²) in [6.07, 6.45) is 2.62. The maximum atomic E-state index is 5.56. The Morgan fingerprint density at radius 2 is 2.11 bits per heavy atom. The van der Waals surface area contributed by atoms with Crippen LogP contribution in [-0.4, -0.2) is 6.54 Å². The summed E-state index contributed by atoms with van der Waals surface area (Å²) in [5, 5.41) is 3.45. The highest BCUT2D eigenvalue weighted by atomic mass is 79.9. The van der Waals surface area contributed by atoms with Gasteiger partial charge in [0.15, 0.2) is 0 Å². The fourth-order valence-corrected chi connectivity index (χ4v) is 2.88. The Balaban J connectivity index is 2.19. The van der Waals surface area contributed by atoms with E-state index in [-0.39, 0.29) is 6.04 Å². The van der Waals surface area contributed by atoms with Crippen LogP contribution in [0.4, 0.5) is 0 Å². The average molecular weight is 373 g/mol. The molecule has 18 heavy (non-hydrogen) atoms. The van der Waals surface area contributed by atoms with Gasteiger partial charge in [0.1, 0.15) is 5.76 Å². The van der Waals surface area contributed by atoms with E-state index in [0.717, 1.165) is 27.7 Å². The fourth-order valence-electron chi connectivity index (χ4n) is 1.96.